The van der Waals surface area contributed by atoms with E-state index in [1.807, 2.05) is 13.8 Å². The highest BCUT2D eigenvalue weighted by atomic mass is 79.9. The van der Waals surface area contributed by atoms with Gasteiger partial charge in [-0.05, 0) is 20.3 Å². The van der Waals surface area contributed by atoms with Crippen molar-refractivity contribution in [2.75, 3.05) is 0 Å². The van der Waals surface area contributed by atoms with E-state index < -0.39 is 22.5 Å². The fraction of sp³-hybridized carbons (Fsp3) is 0.824. The second-order valence-electron chi connectivity index (χ2n) is 7.41. The SMILES string of the molecule is CCCCCC(=O)OC(C)(C)OC(=O)[C@@H]1N2C(=O)[C@H](Br)[C@H]2SC1(C)C. The number of halogens is 1. The van der Waals surface area contributed by atoms with Crippen molar-refractivity contribution in [2.24, 2.45) is 0 Å². The first-order chi connectivity index (χ1) is 11.5. The van der Waals surface area contributed by atoms with Gasteiger partial charge in [-0.3, -0.25) is 9.59 Å². The number of nitrogens with zero attached hydrogens (tertiary/aromatic N) is 1. The highest BCUT2D eigenvalue weighted by molar-refractivity contribution is 9.10. The maximum Gasteiger partial charge on any atom is 0.333 e. The number of thioether (sulfide) groups is 1. The van der Waals surface area contributed by atoms with Crippen molar-refractivity contribution in [1.29, 1.82) is 0 Å². The molecule has 3 atom stereocenters. The van der Waals surface area contributed by atoms with Crippen LogP contribution in [0.4, 0.5) is 0 Å². The summed E-state index contributed by atoms with van der Waals surface area (Å²) in [6.45, 7) is 8.97. The van der Waals surface area contributed by atoms with E-state index in [0.717, 1.165) is 19.3 Å². The van der Waals surface area contributed by atoms with Crippen molar-refractivity contribution in [2.45, 2.75) is 87.1 Å². The summed E-state index contributed by atoms with van der Waals surface area (Å²) in [5, 5.41) is -0.0697. The van der Waals surface area contributed by atoms with Crippen molar-refractivity contribution < 1.29 is 23.9 Å². The number of esters is 2. The maximum absolute atomic E-state index is 12.7. The average molecular weight is 436 g/mol. The van der Waals surface area contributed by atoms with Crippen LogP contribution < -0.4 is 0 Å². The molecule has 0 spiro atoms. The topological polar surface area (TPSA) is 72.9 Å². The van der Waals surface area contributed by atoms with Gasteiger partial charge >= 0.3 is 11.9 Å². The Morgan fingerprint density at radius 3 is 2.52 bits per heavy atom. The second-order valence-corrected chi connectivity index (χ2v) is 10.2. The fourth-order valence-corrected chi connectivity index (χ4v) is 5.46. The summed E-state index contributed by atoms with van der Waals surface area (Å²) in [4.78, 5) is 38.0. The van der Waals surface area contributed by atoms with Crippen molar-refractivity contribution >= 4 is 45.5 Å². The molecular weight excluding hydrogens is 410 g/mol. The maximum atomic E-state index is 12.7. The van der Waals surface area contributed by atoms with Crippen LogP contribution in [0.15, 0.2) is 0 Å². The van der Waals surface area contributed by atoms with Gasteiger partial charge in [0, 0.05) is 25.0 Å². The van der Waals surface area contributed by atoms with Crippen molar-refractivity contribution in [1.82, 2.24) is 4.90 Å². The molecule has 2 saturated heterocycles. The van der Waals surface area contributed by atoms with Gasteiger partial charge in [-0.15, -0.1) is 11.8 Å². The summed E-state index contributed by atoms with van der Waals surface area (Å²) in [5.41, 5.74) is 0. The summed E-state index contributed by atoms with van der Waals surface area (Å²) in [6, 6.07) is -0.693. The van der Waals surface area contributed by atoms with Crippen molar-refractivity contribution in [3.05, 3.63) is 0 Å². The lowest BCUT2D eigenvalue weighted by Gasteiger charge is -2.41. The third-order valence-electron chi connectivity index (χ3n) is 4.29. The van der Waals surface area contributed by atoms with Crippen LogP contribution in [0.3, 0.4) is 0 Å². The van der Waals surface area contributed by atoms with Crippen LogP contribution >= 0.6 is 27.7 Å². The molecule has 0 unspecified atom stereocenters. The van der Waals surface area contributed by atoms with Crippen LogP contribution in [0.1, 0.15) is 60.3 Å². The van der Waals surface area contributed by atoms with E-state index in [1.165, 1.54) is 0 Å². The zero-order valence-electron chi connectivity index (χ0n) is 15.3. The van der Waals surface area contributed by atoms with Gasteiger partial charge < -0.3 is 14.4 Å². The number of fused-ring (bicyclic) bond motifs is 1. The average Bonchev–Trinajstić information content (AvgIpc) is 2.74. The van der Waals surface area contributed by atoms with E-state index in [1.54, 1.807) is 30.5 Å². The molecule has 25 heavy (non-hydrogen) atoms. The highest BCUT2D eigenvalue weighted by Crippen LogP contribution is 2.53. The molecule has 142 valence electrons. The standard InChI is InChI=1S/C17H26BrNO5S/c1-6-7-8-9-10(20)23-17(4,5)24-15(22)12-16(2,3)25-14-11(18)13(21)19(12)14/h11-12,14H,6-9H2,1-5H3/t11-,12-,14+/m0/s1. The molecule has 0 aliphatic carbocycles. The Kier molecular flexibility index (Phi) is 6.14. The molecule has 0 saturated carbocycles. The van der Waals surface area contributed by atoms with E-state index in [-0.39, 0.29) is 22.1 Å². The first-order valence-electron chi connectivity index (χ1n) is 8.59. The molecule has 1 amide bonds. The lowest BCUT2D eigenvalue weighted by atomic mass is 9.98. The zero-order valence-corrected chi connectivity index (χ0v) is 17.7. The third kappa shape index (κ3) is 4.32. The lowest BCUT2D eigenvalue weighted by Crippen LogP contribution is -2.64. The molecular formula is C17H26BrNO5S. The lowest BCUT2D eigenvalue weighted by molar-refractivity contribution is -0.221. The number of hydrogen-bond donors (Lipinski definition) is 0. The number of unbranched alkanes of at least 4 members (excludes halogenated alkanes) is 2. The molecule has 0 N–H and O–H groups in total. The van der Waals surface area contributed by atoms with Gasteiger partial charge in [-0.1, -0.05) is 35.7 Å². The normalized spacial score (nSPS) is 27.5. The highest BCUT2D eigenvalue weighted by Gasteiger charge is 2.63. The number of alkyl halides is 1. The van der Waals surface area contributed by atoms with Crippen molar-refractivity contribution in [3.8, 4) is 0 Å². The van der Waals surface area contributed by atoms with Crippen LogP contribution in [0.5, 0.6) is 0 Å². The van der Waals surface area contributed by atoms with E-state index in [0.29, 0.717) is 6.42 Å². The summed E-state index contributed by atoms with van der Waals surface area (Å²) in [6.07, 6.45) is 3.02. The molecule has 0 aromatic carbocycles. The second kappa shape index (κ2) is 7.47. The van der Waals surface area contributed by atoms with Crippen LogP contribution in [-0.2, 0) is 23.9 Å². The van der Waals surface area contributed by atoms with Gasteiger partial charge in [0.05, 0.1) is 0 Å². The summed E-state index contributed by atoms with van der Waals surface area (Å²) >= 11 is 4.92. The predicted octanol–water partition coefficient (Wildman–Crippen LogP) is 3.22. The molecule has 0 radical (unpaired) electrons. The van der Waals surface area contributed by atoms with Crippen LogP contribution in [0.2, 0.25) is 0 Å². The van der Waals surface area contributed by atoms with Gasteiger partial charge in [0.2, 0.25) is 5.91 Å². The van der Waals surface area contributed by atoms with Crippen LogP contribution in [0.25, 0.3) is 0 Å². The summed E-state index contributed by atoms with van der Waals surface area (Å²) < 4.78 is 10.3. The fourth-order valence-electron chi connectivity index (χ4n) is 3.11. The number of carbonyl (C=O) groups is 3. The predicted molar refractivity (Wildman–Crippen MR) is 99.2 cm³/mol. The number of hydrogen-bond acceptors (Lipinski definition) is 6. The third-order valence-corrected chi connectivity index (χ3v) is 7.10. The molecule has 8 heteroatoms. The first-order valence-corrected chi connectivity index (χ1v) is 10.4. The molecule has 0 aromatic rings. The van der Waals surface area contributed by atoms with Gasteiger partial charge in [0.1, 0.15) is 16.2 Å². The van der Waals surface area contributed by atoms with E-state index in [2.05, 4.69) is 22.9 Å². The smallest absolute Gasteiger partial charge is 0.333 e. The van der Waals surface area contributed by atoms with Gasteiger partial charge in [0.25, 0.3) is 5.79 Å². The largest absolute Gasteiger partial charge is 0.423 e. The molecule has 2 fully saturated rings. The molecule has 2 heterocycles. The van der Waals surface area contributed by atoms with Crippen LogP contribution in [-0.4, -0.2) is 49.5 Å². The molecule has 0 bridgehead atoms. The van der Waals surface area contributed by atoms with Crippen molar-refractivity contribution in [3.63, 3.8) is 0 Å². The number of rotatable bonds is 7. The minimum absolute atomic E-state index is 0.0697. The Labute approximate surface area is 161 Å². The Morgan fingerprint density at radius 2 is 1.92 bits per heavy atom. The van der Waals surface area contributed by atoms with Gasteiger partial charge in [0.15, 0.2) is 0 Å². The number of carbonyl (C=O) groups excluding carboxylic acids is 3. The molecule has 2 rings (SSSR count). The molecule has 0 aromatic heterocycles. The Hall–Kier alpha value is -0.760. The first kappa shape index (κ1) is 20.6. The zero-order chi connectivity index (χ0) is 19.0. The minimum Gasteiger partial charge on any atom is -0.423 e. The number of ether oxygens (including phenoxy) is 2. The molecule has 2 aliphatic heterocycles. The monoisotopic (exact) mass is 435 g/mol. The minimum atomic E-state index is -1.36. The quantitative estimate of drug-likeness (QED) is 0.201. The molecule has 6 nitrogen and oxygen atoms in total. The Balaban J connectivity index is 1.98. The summed E-state index contributed by atoms with van der Waals surface area (Å²) in [7, 11) is 0. The van der Waals surface area contributed by atoms with Crippen LogP contribution in [0, 0.1) is 0 Å². The number of β-lactam (4-membered cyclic amide) rings is 1. The Morgan fingerprint density at radius 1 is 1.28 bits per heavy atom. The van der Waals surface area contributed by atoms with E-state index >= 15 is 0 Å². The summed E-state index contributed by atoms with van der Waals surface area (Å²) in [5.74, 6) is -2.40. The van der Waals surface area contributed by atoms with E-state index in [4.69, 9.17) is 9.47 Å². The Bertz CT molecular complexity index is 565. The number of amides is 1. The van der Waals surface area contributed by atoms with Gasteiger partial charge in [-0.25, -0.2) is 4.79 Å². The van der Waals surface area contributed by atoms with E-state index in [9.17, 15) is 14.4 Å². The van der Waals surface area contributed by atoms with Gasteiger partial charge in [-0.2, -0.15) is 0 Å². The molecule has 2 aliphatic rings.